The van der Waals surface area contributed by atoms with Crippen LogP contribution < -0.4 is 5.32 Å². The van der Waals surface area contributed by atoms with Crippen molar-refractivity contribution in [1.29, 1.82) is 0 Å². The minimum absolute atomic E-state index is 0.103. The van der Waals surface area contributed by atoms with Crippen LogP contribution in [0.5, 0.6) is 0 Å². The Balaban J connectivity index is 2.26. The Kier molecular flexibility index (Phi) is 10.1. The lowest BCUT2D eigenvalue weighted by Crippen LogP contribution is -2.44. The second kappa shape index (κ2) is 12.6. The number of hydrogen-bond acceptors (Lipinski definition) is 5. The molecule has 1 aliphatic rings. The van der Waals surface area contributed by atoms with Crippen molar-refractivity contribution < 1.29 is 23.9 Å². The number of likely N-dealkylation sites (tertiary alicyclic amines) is 1. The molecule has 1 aliphatic heterocycles. The Morgan fingerprint density at radius 2 is 1.82 bits per heavy atom. The van der Waals surface area contributed by atoms with Crippen LogP contribution in [0.4, 0.5) is 4.79 Å². The predicted molar refractivity (Wildman–Crippen MR) is 132 cm³/mol. The molecule has 0 radical (unpaired) electrons. The molecule has 2 rings (SSSR count). The maximum absolute atomic E-state index is 13.6. The van der Waals surface area contributed by atoms with Crippen molar-refractivity contribution >= 4 is 18.0 Å². The molecule has 1 aromatic rings. The van der Waals surface area contributed by atoms with Crippen LogP contribution in [0.3, 0.4) is 0 Å². The van der Waals surface area contributed by atoms with E-state index in [9.17, 15) is 14.4 Å². The SMILES string of the molecule is COC(=O)[C@H]1CCCN1C(=O)C(/C=C/C(CC(C)C)NC(=O)OC(C)(C)C)Cc1ccccc1. The number of carbonyl (C=O) groups excluding carboxylic acids is 3. The lowest BCUT2D eigenvalue weighted by molar-refractivity contribution is -0.151. The third-order valence-electron chi connectivity index (χ3n) is 5.63. The van der Waals surface area contributed by atoms with Gasteiger partial charge in [-0.1, -0.05) is 56.3 Å². The van der Waals surface area contributed by atoms with E-state index in [1.165, 1.54) is 7.11 Å². The van der Waals surface area contributed by atoms with E-state index in [1.807, 2.05) is 63.3 Å². The third kappa shape index (κ3) is 8.84. The Morgan fingerprint density at radius 3 is 2.41 bits per heavy atom. The Bertz CT molecular complexity index is 844. The highest BCUT2D eigenvalue weighted by Gasteiger charge is 2.37. The van der Waals surface area contributed by atoms with Gasteiger partial charge in [0, 0.05) is 6.54 Å². The third-order valence-corrected chi connectivity index (χ3v) is 5.63. The first kappa shape index (κ1) is 27.4. The largest absolute Gasteiger partial charge is 0.467 e. The number of nitrogens with one attached hydrogen (secondary N) is 1. The van der Waals surface area contributed by atoms with E-state index in [0.717, 1.165) is 12.0 Å². The molecule has 188 valence electrons. The van der Waals surface area contributed by atoms with Gasteiger partial charge in [0.25, 0.3) is 0 Å². The van der Waals surface area contributed by atoms with Gasteiger partial charge in [0.1, 0.15) is 11.6 Å². The van der Waals surface area contributed by atoms with E-state index in [0.29, 0.717) is 31.7 Å². The molecule has 1 N–H and O–H groups in total. The van der Waals surface area contributed by atoms with Crippen LogP contribution in [0, 0.1) is 11.8 Å². The van der Waals surface area contributed by atoms with Gasteiger partial charge < -0.3 is 19.7 Å². The van der Waals surface area contributed by atoms with Crippen LogP contribution in [0.15, 0.2) is 42.5 Å². The quantitative estimate of drug-likeness (QED) is 0.422. The predicted octanol–water partition coefficient (Wildman–Crippen LogP) is 4.50. The zero-order valence-corrected chi connectivity index (χ0v) is 21.4. The summed E-state index contributed by atoms with van der Waals surface area (Å²) in [6.07, 6.45) is 5.85. The first-order valence-corrected chi connectivity index (χ1v) is 12.1. The average molecular weight is 473 g/mol. The van der Waals surface area contributed by atoms with Crippen LogP contribution in [-0.4, -0.2) is 54.2 Å². The average Bonchev–Trinajstić information content (AvgIpc) is 3.24. The number of hydrogen-bond donors (Lipinski definition) is 1. The number of alkyl carbamates (subject to hydrolysis) is 1. The maximum Gasteiger partial charge on any atom is 0.408 e. The fourth-order valence-electron chi connectivity index (χ4n) is 4.15. The highest BCUT2D eigenvalue weighted by atomic mass is 16.6. The van der Waals surface area contributed by atoms with Crippen LogP contribution >= 0.6 is 0 Å². The smallest absolute Gasteiger partial charge is 0.408 e. The number of methoxy groups -OCH3 is 1. The maximum atomic E-state index is 13.6. The normalized spacial score (nSPS) is 18.1. The van der Waals surface area contributed by atoms with E-state index < -0.39 is 23.7 Å². The van der Waals surface area contributed by atoms with Crippen LogP contribution in [-0.2, 0) is 25.5 Å². The topological polar surface area (TPSA) is 84.9 Å². The summed E-state index contributed by atoms with van der Waals surface area (Å²) < 4.78 is 10.3. The molecule has 1 heterocycles. The molecule has 0 spiro atoms. The van der Waals surface area contributed by atoms with Crippen molar-refractivity contribution in [3.8, 4) is 0 Å². The molecule has 0 aliphatic carbocycles. The molecule has 1 saturated heterocycles. The van der Waals surface area contributed by atoms with Crippen molar-refractivity contribution in [2.45, 2.75) is 78.0 Å². The molecular weight excluding hydrogens is 432 g/mol. The second-order valence-electron chi connectivity index (χ2n) is 10.3. The van der Waals surface area contributed by atoms with Crippen LogP contribution in [0.1, 0.15) is 59.4 Å². The molecule has 34 heavy (non-hydrogen) atoms. The van der Waals surface area contributed by atoms with Gasteiger partial charge in [-0.3, -0.25) is 4.79 Å². The summed E-state index contributed by atoms with van der Waals surface area (Å²) in [5.41, 5.74) is 0.431. The minimum Gasteiger partial charge on any atom is -0.467 e. The molecule has 7 nitrogen and oxygen atoms in total. The summed E-state index contributed by atoms with van der Waals surface area (Å²) in [6.45, 7) is 10.2. The van der Waals surface area contributed by atoms with Gasteiger partial charge >= 0.3 is 12.1 Å². The van der Waals surface area contributed by atoms with Gasteiger partial charge in [-0.2, -0.15) is 0 Å². The van der Waals surface area contributed by atoms with E-state index in [1.54, 1.807) is 4.90 Å². The van der Waals surface area contributed by atoms with Gasteiger partial charge in [0.15, 0.2) is 0 Å². The van der Waals surface area contributed by atoms with Crippen molar-refractivity contribution in [3.63, 3.8) is 0 Å². The van der Waals surface area contributed by atoms with E-state index >= 15 is 0 Å². The van der Waals surface area contributed by atoms with Gasteiger partial charge in [-0.15, -0.1) is 0 Å². The number of amides is 2. The molecule has 3 atom stereocenters. The second-order valence-corrected chi connectivity index (χ2v) is 10.3. The fourth-order valence-corrected chi connectivity index (χ4v) is 4.15. The van der Waals surface area contributed by atoms with Crippen molar-refractivity contribution in [1.82, 2.24) is 10.2 Å². The molecule has 2 unspecified atom stereocenters. The molecule has 2 amide bonds. The summed E-state index contributed by atoms with van der Waals surface area (Å²) >= 11 is 0. The number of esters is 1. The van der Waals surface area contributed by atoms with Gasteiger partial charge in [0.2, 0.25) is 5.91 Å². The molecule has 0 aromatic heterocycles. The number of rotatable bonds is 9. The molecule has 7 heteroatoms. The van der Waals surface area contributed by atoms with Crippen molar-refractivity contribution in [2.75, 3.05) is 13.7 Å². The monoisotopic (exact) mass is 472 g/mol. The summed E-state index contributed by atoms with van der Waals surface area (Å²) in [6, 6.07) is 8.97. The van der Waals surface area contributed by atoms with E-state index in [4.69, 9.17) is 9.47 Å². The van der Waals surface area contributed by atoms with E-state index in [2.05, 4.69) is 19.2 Å². The molecule has 1 aromatic carbocycles. The zero-order chi connectivity index (χ0) is 25.3. The number of ether oxygens (including phenoxy) is 2. The Morgan fingerprint density at radius 1 is 1.15 bits per heavy atom. The highest BCUT2D eigenvalue weighted by molar-refractivity contribution is 5.87. The Labute approximate surface area is 203 Å². The van der Waals surface area contributed by atoms with Crippen molar-refractivity contribution in [3.05, 3.63) is 48.0 Å². The fraction of sp³-hybridized carbons (Fsp3) is 0.593. The first-order valence-electron chi connectivity index (χ1n) is 12.1. The summed E-state index contributed by atoms with van der Waals surface area (Å²) in [5.74, 6) is -0.621. The number of carbonyl (C=O) groups is 3. The number of benzene rings is 1. The molecule has 0 saturated carbocycles. The lowest BCUT2D eigenvalue weighted by Gasteiger charge is -2.27. The summed E-state index contributed by atoms with van der Waals surface area (Å²) in [5, 5.41) is 2.92. The van der Waals surface area contributed by atoms with Gasteiger partial charge in [0.05, 0.1) is 19.1 Å². The van der Waals surface area contributed by atoms with Crippen LogP contribution in [0.25, 0.3) is 0 Å². The first-order chi connectivity index (χ1) is 16.0. The summed E-state index contributed by atoms with van der Waals surface area (Å²) in [7, 11) is 1.35. The molecule has 1 fully saturated rings. The molecular formula is C27H40N2O5. The highest BCUT2D eigenvalue weighted by Crippen LogP contribution is 2.24. The van der Waals surface area contributed by atoms with Gasteiger partial charge in [-0.25, -0.2) is 9.59 Å². The van der Waals surface area contributed by atoms with Crippen LogP contribution in [0.2, 0.25) is 0 Å². The standard InChI is InChI=1S/C27H40N2O5/c1-19(2)17-22(28-26(32)34-27(3,4)5)15-14-21(18-20-11-8-7-9-12-20)24(30)29-16-10-13-23(29)25(31)33-6/h7-9,11-12,14-15,19,21-23H,10,13,16-18H2,1-6H3,(H,28,32)/b15-14+/t21?,22?,23-/m1/s1. The lowest BCUT2D eigenvalue weighted by atomic mass is 9.95. The molecule has 0 bridgehead atoms. The van der Waals surface area contributed by atoms with Crippen molar-refractivity contribution in [2.24, 2.45) is 11.8 Å². The van der Waals surface area contributed by atoms with Gasteiger partial charge in [-0.05, 0) is 57.9 Å². The zero-order valence-electron chi connectivity index (χ0n) is 21.4. The minimum atomic E-state index is -0.597. The summed E-state index contributed by atoms with van der Waals surface area (Å²) in [4.78, 5) is 39.8. The number of nitrogens with zero attached hydrogens (tertiary/aromatic N) is 1. The Hall–Kier alpha value is -2.83. The van der Waals surface area contributed by atoms with E-state index in [-0.39, 0.29) is 17.9 Å².